The summed E-state index contributed by atoms with van der Waals surface area (Å²) in [6.07, 6.45) is 2.40. The molecule has 2 heteroatoms. The minimum atomic E-state index is -1.55. The fourth-order valence-electron chi connectivity index (χ4n) is 3.22. The Kier molecular flexibility index (Phi) is 6.57. The normalized spacial score (nSPS) is 10.8. The molecule has 0 aliphatic rings. The molecule has 0 nitrogen and oxygen atoms in total. The molecule has 0 N–H and O–H groups in total. The second-order valence-electron chi connectivity index (χ2n) is 5.54. The molecule has 0 aliphatic carbocycles. The number of benzene rings is 3. The van der Waals surface area contributed by atoms with Crippen molar-refractivity contribution in [3.05, 3.63) is 91.0 Å². The van der Waals surface area contributed by atoms with Gasteiger partial charge in [-0.1, -0.05) is 61.5 Å². The molecule has 3 aromatic rings. The highest BCUT2D eigenvalue weighted by atomic mass is 79.9. The smallest absolute Gasteiger partial charge is 0.112 e. The van der Waals surface area contributed by atoms with Crippen LogP contribution in [0.4, 0.5) is 0 Å². The fourth-order valence-corrected chi connectivity index (χ4v) is 7.60. The summed E-state index contributed by atoms with van der Waals surface area (Å²) in [5, 5.41) is 4.44. The minimum Gasteiger partial charge on any atom is -1.00 e. The van der Waals surface area contributed by atoms with Gasteiger partial charge in [-0.15, -0.1) is 0 Å². The second kappa shape index (κ2) is 8.43. The first kappa shape index (κ1) is 17.9. The van der Waals surface area contributed by atoms with Gasteiger partial charge in [-0.25, -0.2) is 0 Å². The van der Waals surface area contributed by atoms with Crippen LogP contribution in [0.5, 0.6) is 0 Å². The van der Waals surface area contributed by atoms with Gasteiger partial charge in [0.05, 0.1) is 6.16 Å². The summed E-state index contributed by atoms with van der Waals surface area (Å²) in [7, 11) is -1.55. The van der Waals surface area contributed by atoms with Crippen molar-refractivity contribution < 1.29 is 17.0 Å². The maximum atomic E-state index is 2.31. The van der Waals surface area contributed by atoms with Crippen LogP contribution in [-0.4, -0.2) is 6.16 Å². The molecule has 0 aromatic heterocycles. The predicted octanol–water partition coefficient (Wildman–Crippen LogP) is 1.39. The van der Waals surface area contributed by atoms with E-state index in [1.165, 1.54) is 28.5 Å². The lowest BCUT2D eigenvalue weighted by molar-refractivity contribution is -0.00000433. The van der Waals surface area contributed by atoms with Crippen molar-refractivity contribution in [3.63, 3.8) is 0 Å². The van der Waals surface area contributed by atoms with Crippen molar-refractivity contribution in [3.8, 4) is 0 Å². The van der Waals surface area contributed by atoms with Crippen molar-refractivity contribution in [1.82, 2.24) is 0 Å². The Bertz CT molecular complexity index is 599. The molecule has 23 heavy (non-hydrogen) atoms. The Labute approximate surface area is 150 Å². The predicted molar refractivity (Wildman–Crippen MR) is 100 cm³/mol. The maximum Gasteiger partial charge on any atom is 0.112 e. The summed E-state index contributed by atoms with van der Waals surface area (Å²) >= 11 is 0. The summed E-state index contributed by atoms with van der Waals surface area (Å²) in [5.41, 5.74) is 0. The first-order valence-electron chi connectivity index (χ1n) is 7.93. The SMILES string of the molecule is CCC[P+](c1ccccc1)(c1ccccc1)c1ccccc1.[Br-]. The van der Waals surface area contributed by atoms with E-state index >= 15 is 0 Å². The van der Waals surface area contributed by atoms with E-state index in [1.807, 2.05) is 0 Å². The lowest BCUT2D eigenvalue weighted by Gasteiger charge is -2.27. The van der Waals surface area contributed by atoms with Crippen LogP contribution >= 0.6 is 7.26 Å². The number of rotatable bonds is 5. The molecule has 0 fully saturated rings. The summed E-state index contributed by atoms with van der Waals surface area (Å²) in [6.45, 7) is 2.30. The quantitative estimate of drug-likeness (QED) is 0.583. The number of hydrogen-bond donors (Lipinski definition) is 0. The molecule has 0 heterocycles. The zero-order valence-corrected chi connectivity index (χ0v) is 15.9. The van der Waals surface area contributed by atoms with E-state index in [9.17, 15) is 0 Å². The lowest BCUT2D eigenvalue weighted by atomic mass is 10.4. The topological polar surface area (TPSA) is 0 Å². The molecule has 0 saturated carbocycles. The van der Waals surface area contributed by atoms with E-state index in [4.69, 9.17) is 0 Å². The molecule has 0 amide bonds. The van der Waals surface area contributed by atoms with E-state index in [0.29, 0.717) is 0 Å². The van der Waals surface area contributed by atoms with E-state index < -0.39 is 7.26 Å². The Morgan fingerprint density at radius 3 is 1.13 bits per heavy atom. The van der Waals surface area contributed by atoms with Crippen LogP contribution < -0.4 is 32.9 Å². The molecule has 0 unspecified atom stereocenters. The summed E-state index contributed by atoms with van der Waals surface area (Å²) in [5.74, 6) is 0. The summed E-state index contributed by atoms with van der Waals surface area (Å²) < 4.78 is 0. The van der Waals surface area contributed by atoms with Gasteiger partial charge in [-0.3, -0.25) is 0 Å². The molecule has 3 rings (SSSR count). The Hall–Kier alpha value is -1.43. The maximum absolute atomic E-state index is 2.31. The van der Waals surface area contributed by atoms with Gasteiger partial charge in [0.15, 0.2) is 0 Å². The summed E-state index contributed by atoms with van der Waals surface area (Å²) in [6, 6.07) is 33.2. The molecule has 0 aliphatic heterocycles. The third-order valence-electron chi connectivity index (χ3n) is 4.15. The third kappa shape index (κ3) is 3.57. The van der Waals surface area contributed by atoms with Gasteiger partial charge in [-0.05, 0) is 42.8 Å². The average molecular weight is 385 g/mol. The minimum absolute atomic E-state index is 0. The van der Waals surface area contributed by atoms with Crippen molar-refractivity contribution in [2.45, 2.75) is 13.3 Å². The largest absolute Gasteiger partial charge is 1.00 e. The van der Waals surface area contributed by atoms with E-state index in [1.54, 1.807) is 0 Å². The molecule has 3 aromatic carbocycles. The third-order valence-corrected chi connectivity index (χ3v) is 8.81. The van der Waals surface area contributed by atoms with Crippen LogP contribution in [0.2, 0.25) is 0 Å². The van der Waals surface area contributed by atoms with Crippen LogP contribution in [0.3, 0.4) is 0 Å². The van der Waals surface area contributed by atoms with Crippen LogP contribution in [0.25, 0.3) is 0 Å². The van der Waals surface area contributed by atoms with Gasteiger partial charge in [0.25, 0.3) is 0 Å². The van der Waals surface area contributed by atoms with Gasteiger partial charge in [-0.2, -0.15) is 0 Å². The standard InChI is InChI=1S/C21H22P.BrH/c1-2-18-22(19-12-6-3-7-13-19,20-14-8-4-9-15-20)21-16-10-5-11-17-21;/h3-17H,2,18H2,1H3;1H/q+1;/p-1. The molecule has 0 saturated heterocycles. The van der Waals surface area contributed by atoms with Gasteiger partial charge < -0.3 is 17.0 Å². The number of hydrogen-bond acceptors (Lipinski definition) is 0. The van der Waals surface area contributed by atoms with Crippen molar-refractivity contribution in [1.29, 1.82) is 0 Å². The van der Waals surface area contributed by atoms with Gasteiger partial charge in [0.2, 0.25) is 0 Å². The lowest BCUT2D eigenvalue weighted by Crippen LogP contribution is -3.00. The van der Waals surface area contributed by atoms with Crippen molar-refractivity contribution >= 4 is 23.2 Å². The zero-order valence-electron chi connectivity index (χ0n) is 13.4. The number of halogens is 1. The van der Waals surface area contributed by atoms with Gasteiger partial charge >= 0.3 is 0 Å². The molecular weight excluding hydrogens is 363 g/mol. The zero-order chi connectivity index (χ0) is 15.3. The van der Waals surface area contributed by atoms with Crippen LogP contribution in [-0.2, 0) is 0 Å². The fraction of sp³-hybridized carbons (Fsp3) is 0.143. The van der Waals surface area contributed by atoms with Crippen molar-refractivity contribution in [2.24, 2.45) is 0 Å². The molecular formula is C21H22BrP. The van der Waals surface area contributed by atoms with E-state index in [-0.39, 0.29) is 17.0 Å². The van der Waals surface area contributed by atoms with Gasteiger partial charge in [0, 0.05) is 0 Å². The Morgan fingerprint density at radius 2 is 0.870 bits per heavy atom. The highest BCUT2D eigenvalue weighted by Crippen LogP contribution is 2.55. The van der Waals surface area contributed by atoms with E-state index in [2.05, 4.69) is 97.9 Å². The Morgan fingerprint density at radius 1 is 0.565 bits per heavy atom. The highest BCUT2D eigenvalue weighted by Gasteiger charge is 2.43. The first-order valence-corrected chi connectivity index (χ1v) is 9.90. The molecule has 0 spiro atoms. The second-order valence-corrected chi connectivity index (χ2v) is 9.16. The average Bonchev–Trinajstić information content (AvgIpc) is 2.62. The van der Waals surface area contributed by atoms with Crippen molar-refractivity contribution in [2.75, 3.05) is 6.16 Å². The molecule has 0 bridgehead atoms. The molecule has 0 atom stereocenters. The molecule has 0 radical (unpaired) electrons. The molecule has 118 valence electrons. The van der Waals surface area contributed by atoms with Crippen LogP contribution in [0.15, 0.2) is 91.0 Å². The van der Waals surface area contributed by atoms with Gasteiger partial charge in [0.1, 0.15) is 23.2 Å². The monoisotopic (exact) mass is 384 g/mol. The summed E-state index contributed by atoms with van der Waals surface area (Å²) in [4.78, 5) is 0. The highest BCUT2D eigenvalue weighted by molar-refractivity contribution is 7.95. The van der Waals surface area contributed by atoms with Crippen LogP contribution in [0, 0.1) is 0 Å². The Balaban J connectivity index is 0.00000192. The van der Waals surface area contributed by atoms with Crippen LogP contribution in [0.1, 0.15) is 13.3 Å². The first-order chi connectivity index (χ1) is 10.9. The van der Waals surface area contributed by atoms with E-state index in [0.717, 1.165) is 0 Å².